The van der Waals surface area contributed by atoms with Gasteiger partial charge in [-0.1, -0.05) is 0 Å². The molecule has 0 bridgehead atoms. The number of nitrogens with one attached hydrogen (secondary N) is 2. The minimum Gasteiger partial charge on any atom is -0.496 e. The summed E-state index contributed by atoms with van der Waals surface area (Å²) in [5.74, 6) is 2.80. The van der Waals surface area contributed by atoms with Gasteiger partial charge in [-0.3, -0.25) is 0 Å². The smallest absolute Gasteiger partial charge is 0.191 e. The van der Waals surface area contributed by atoms with Crippen molar-refractivity contribution < 1.29 is 14.2 Å². The zero-order valence-electron chi connectivity index (χ0n) is 15.1. The molecule has 0 aliphatic carbocycles. The summed E-state index contributed by atoms with van der Waals surface area (Å²) in [5.41, 5.74) is 2.16. The molecule has 0 saturated carbocycles. The van der Waals surface area contributed by atoms with Gasteiger partial charge in [0.25, 0.3) is 0 Å². The minimum atomic E-state index is 0.555. The Morgan fingerprint density at radius 3 is 2.36 bits per heavy atom. The van der Waals surface area contributed by atoms with E-state index in [-0.39, 0.29) is 0 Å². The van der Waals surface area contributed by atoms with Crippen LogP contribution in [-0.4, -0.2) is 33.8 Å². The molecule has 1 aromatic carbocycles. The van der Waals surface area contributed by atoms with E-state index in [1.165, 1.54) is 5.56 Å². The third kappa shape index (κ3) is 5.29. The third-order valence-corrected chi connectivity index (χ3v) is 4.31. The van der Waals surface area contributed by atoms with Crippen molar-refractivity contribution in [3.05, 3.63) is 40.1 Å². The molecule has 7 heteroatoms. The van der Waals surface area contributed by atoms with Gasteiger partial charge in [-0.25, -0.2) is 4.99 Å². The van der Waals surface area contributed by atoms with Crippen LogP contribution in [0.15, 0.2) is 34.0 Å². The molecule has 0 fully saturated rings. The van der Waals surface area contributed by atoms with Crippen molar-refractivity contribution >= 4 is 17.3 Å². The second kappa shape index (κ2) is 9.78. The molecule has 2 aromatic rings. The summed E-state index contributed by atoms with van der Waals surface area (Å²) in [6.45, 7) is 4.03. The highest BCUT2D eigenvalue weighted by atomic mass is 32.1. The first kappa shape index (κ1) is 18.9. The molecule has 0 spiro atoms. The van der Waals surface area contributed by atoms with Crippen molar-refractivity contribution in [2.75, 3.05) is 27.9 Å². The van der Waals surface area contributed by atoms with E-state index in [0.29, 0.717) is 24.6 Å². The molecular weight excluding hydrogens is 338 g/mol. The largest absolute Gasteiger partial charge is 0.496 e. The molecule has 0 atom stereocenters. The van der Waals surface area contributed by atoms with Gasteiger partial charge in [-0.05, 0) is 35.4 Å². The lowest BCUT2D eigenvalue weighted by atomic mass is 10.1. The zero-order chi connectivity index (χ0) is 18.1. The van der Waals surface area contributed by atoms with Crippen LogP contribution in [0.25, 0.3) is 0 Å². The summed E-state index contributed by atoms with van der Waals surface area (Å²) in [6, 6.07) is 5.81. The van der Waals surface area contributed by atoms with Crippen LogP contribution in [-0.2, 0) is 13.1 Å². The summed E-state index contributed by atoms with van der Waals surface area (Å²) in [7, 11) is 4.87. The van der Waals surface area contributed by atoms with Gasteiger partial charge >= 0.3 is 0 Å². The number of nitrogens with zero attached hydrogens (tertiary/aromatic N) is 1. The Labute approximate surface area is 152 Å². The zero-order valence-corrected chi connectivity index (χ0v) is 15.9. The van der Waals surface area contributed by atoms with Gasteiger partial charge in [-0.2, -0.15) is 11.3 Å². The lowest BCUT2D eigenvalue weighted by Crippen LogP contribution is -2.36. The average molecular weight is 363 g/mol. The minimum absolute atomic E-state index is 0.555. The summed E-state index contributed by atoms with van der Waals surface area (Å²) in [5, 5.41) is 10.7. The van der Waals surface area contributed by atoms with Crippen molar-refractivity contribution in [3.63, 3.8) is 0 Å². The molecule has 6 nitrogen and oxygen atoms in total. The first-order chi connectivity index (χ1) is 12.2. The summed E-state index contributed by atoms with van der Waals surface area (Å²) >= 11 is 1.67. The van der Waals surface area contributed by atoms with E-state index in [9.17, 15) is 0 Å². The van der Waals surface area contributed by atoms with Gasteiger partial charge in [0.15, 0.2) is 17.5 Å². The van der Waals surface area contributed by atoms with Crippen LogP contribution in [0.1, 0.15) is 18.1 Å². The molecule has 136 valence electrons. The summed E-state index contributed by atoms with van der Waals surface area (Å²) < 4.78 is 16.2. The van der Waals surface area contributed by atoms with Gasteiger partial charge in [-0.15, -0.1) is 0 Å². The molecule has 2 rings (SSSR count). The quantitative estimate of drug-likeness (QED) is 0.558. The van der Waals surface area contributed by atoms with Crippen LogP contribution in [0.3, 0.4) is 0 Å². The molecule has 0 aliphatic heterocycles. The number of benzene rings is 1. The number of thiophene rings is 1. The first-order valence-electron chi connectivity index (χ1n) is 8.04. The molecular formula is C18H25N3O3S. The van der Waals surface area contributed by atoms with Crippen LogP contribution >= 0.6 is 11.3 Å². The van der Waals surface area contributed by atoms with E-state index in [2.05, 4.69) is 32.5 Å². The van der Waals surface area contributed by atoms with Gasteiger partial charge in [0.1, 0.15) is 5.75 Å². The highest BCUT2D eigenvalue weighted by Gasteiger charge is 2.12. The fourth-order valence-corrected chi connectivity index (χ4v) is 2.96. The van der Waals surface area contributed by atoms with E-state index in [1.807, 2.05) is 19.1 Å². The maximum atomic E-state index is 5.46. The topological polar surface area (TPSA) is 64.1 Å². The van der Waals surface area contributed by atoms with Crippen molar-refractivity contribution in [2.45, 2.75) is 20.0 Å². The summed E-state index contributed by atoms with van der Waals surface area (Å²) in [6.07, 6.45) is 0. The Bertz CT molecular complexity index is 687. The van der Waals surface area contributed by atoms with E-state index in [1.54, 1.807) is 32.7 Å². The molecule has 0 unspecified atom stereocenters. The number of guanidine groups is 1. The normalized spacial score (nSPS) is 11.1. The van der Waals surface area contributed by atoms with E-state index in [0.717, 1.165) is 23.8 Å². The molecule has 0 aliphatic rings. The Morgan fingerprint density at radius 2 is 1.76 bits per heavy atom. The fourth-order valence-electron chi connectivity index (χ4n) is 2.30. The Hall–Kier alpha value is -2.41. The van der Waals surface area contributed by atoms with Gasteiger partial charge in [0.2, 0.25) is 0 Å². The maximum Gasteiger partial charge on any atom is 0.191 e. The van der Waals surface area contributed by atoms with Crippen molar-refractivity contribution in [1.29, 1.82) is 0 Å². The fraction of sp³-hybridized carbons (Fsp3) is 0.389. The second-order valence-electron chi connectivity index (χ2n) is 5.20. The van der Waals surface area contributed by atoms with Crippen LogP contribution in [0.4, 0.5) is 0 Å². The Morgan fingerprint density at radius 1 is 1.04 bits per heavy atom. The highest BCUT2D eigenvalue weighted by molar-refractivity contribution is 7.07. The van der Waals surface area contributed by atoms with E-state index < -0.39 is 0 Å². The lowest BCUT2D eigenvalue weighted by molar-refractivity contribution is 0.347. The number of hydrogen-bond donors (Lipinski definition) is 2. The number of rotatable bonds is 8. The standard InChI is InChI=1S/C18H25N3O3S/c1-5-19-18(20-10-13-6-7-25-12-13)21-11-14-8-16(23-3)17(24-4)9-15(14)22-2/h6-9,12H,5,10-11H2,1-4H3,(H2,19,20,21). The number of ether oxygens (including phenoxy) is 3. The molecule has 0 radical (unpaired) electrons. The Kier molecular flexibility index (Phi) is 7.40. The van der Waals surface area contributed by atoms with Gasteiger partial charge in [0, 0.05) is 24.7 Å². The molecule has 2 N–H and O–H groups in total. The molecule has 25 heavy (non-hydrogen) atoms. The number of aliphatic imine (C=N–C) groups is 1. The first-order valence-corrected chi connectivity index (χ1v) is 8.98. The van der Waals surface area contributed by atoms with E-state index in [4.69, 9.17) is 14.2 Å². The van der Waals surface area contributed by atoms with Crippen LogP contribution in [0.5, 0.6) is 17.2 Å². The second-order valence-corrected chi connectivity index (χ2v) is 5.98. The highest BCUT2D eigenvalue weighted by Crippen LogP contribution is 2.34. The molecule has 1 heterocycles. The van der Waals surface area contributed by atoms with Crippen molar-refractivity contribution in [2.24, 2.45) is 4.99 Å². The maximum absolute atomic E-state index is 5.46. The molecule has 1 aromatic heterocycles. The SMILES string of the molecule is CCNC(=NCc1ccsc1)NCc1cc(OC)c(OC)cc1OC. The third-order valence-electron chi connectivity index (χ3n) is 3.58. The summed E-state index contributed by atoms with van der Waals surface area (Å²) in [4.78, 5) is 4.61. The number of hydrogen-bond acceptors (Lipinski definition) is 5. The van der Waals surface area contributed by atoms with Gasteiger partial charge < -0.3 is 24.8 Å². The monoisotopic (exact) mass is 363 g/mol. The van der Waals surface area contributed by atoms with Crippen LogP contribution in [0.2, 0.25) is 0 Å². The van der Waals surface area contributed by atoms with Crippen molar-refractivity contribution in [1.82, 2.24) is 10.6 Å². The number of methoxy groups -OCH3 is 3. The predicted molar refractivity (Wildman–Crippen MR) is 102 cm³/mol. The average Bonchev–Trinajstić information content (AvgIpc) is 3.16. The molecule has 0 saturated heterocycles. The lowest BCUT2D eigenvalue weighted by Gasteiger charge is -2.16. The van der Waals surface area contributed by atoms with Crippen LogP contribution in [0, 0.1) is 0 Å². The van der Waals surface area contributed by atoms with Gasteiger partial charge in [0.05, 0.1) is 27.9 Å². The van der Waals surface area contributed by atoms with E-state index >= 15 is 0 Å². The molecule has 0 amide bonds. The van der Waals surface area contributed by atoms with Crippen molar-refractivity contribution in [3.8, 4) is 17.2 Å². The Balaban J connectivity index is 2.12. The van der Waals surface area contributed by atoms with Crippen LogP contribution < -0.4 is 24.8 Å². The predicted octanol–water partition coefficient (Wildman–Crippen LogP) is 3.03.